The van der Waals surface area contributed by atoms with Gasteiger partial charge in [-0.1, -0.05) is 0 Å². The molecule has 0 aromatic carbocycles. The number of hydrogen-bond donors (Lipinski definition) is 2. The molecular formula is C4H14O5Si2. The Labute approximate surface area is 68.3 Å². The van der Waals surface area contributed by atoms with Crippen molar-refractivity contribution in [3.63, 3.8) is 0 Å². The largest absolute Gasteiger partial charge is 0.487 e. The Morgan fingerprint density at radius 1 is 0.909 bits per heavy atom. The molecule has 0 heterocycles. The van der Waals surface area contributed by atoms with Crippen LogP contribution in [0.1, 0.15) is 0 Å². The van der Waals surface area contributed by atoms with Gasteiger partial charge in [0.2, 0.25) is 0 Å². The third-order valence-electron chi connectivity index (χ3n) is 1.14. The second-order valence-electron chi connectivity index (χ2n) is 2.31. The summed E-state index contributed by atoms with van der Waals surface area (Å²) in [6.45, 7) is 2.82. The molecule has 0 bridgehead atoms. The van der Waals surface area contributed by atoms with Crippen LogP contribution in [0.4, 0.5) is 0 Å². The fraction of sp³-hybridized carbons (Fsp3) is 1.00. The van der Waals surface area contributed by atoms with E-state index in [1.165, 1.54) is 27.3 Å². The molecule has 0 aromatic rings. The van der Waals surface area contributed by atoms with Gasteiger partial charge in [0.25, 0.3) is 0 Å². The van der Waals surface area contributed by atoms with Gasteiger partial charge in [-0.15, -0.1) is 0 Å². The standard InChI is InChI=1S/C4H14O5Si2/c1-7-10(3,5)9-11(4,6)8-2/h5-6H,1-4H3. The van der Waals surface area contributed by atoms with Crippen LogP contribution >= 0.6 is 0 Å². The summed E-state index contributed by atoms with van der Waals surface area (Å²) in [4.78, 5) is 18.6. The molecule has 0 spiro atoms. The van der Waals surface area contributed by atoms with Crippen LogP contribution in [0.25, 0.3) is 0 Å². The Balaban J connectivity index is 4.02. The van der Waals surface area contributed by atoms with E-state index < -0.39 is 17.6 Å². The zero-order valence-electron chi connectivity index (χ0n) is 7.12. The summed E-state index contributed by atoms with van der Waals surface area (Å²) in [6, 6.07) is 0. The number of rotatable bonds is 4. The van der Waals surface area contributed by atoms with Crippen LogP contribution in [0, 0.1) is 0 Å². The molecule has 0 rings (SSSR count). The van der Waals surface area contributed by atoms with E-state index in [1.54, 1.807) is 0 Å². The quantitative estimate of drug-likeness (QED) is 0.591. The van der Waals surface area contributed by atoms with Gasteiger partial charge in [0, 0.05) is 27.3 Å². The maximum Gasteiger partial charge on any atom is 0.487 e. The fourth-order valence-corrected chi connectivity index (χ4v) is 3.91. The molecule has 5 nitrogen and oxygen atoms in total. The lowest BCUT2D eigenvalue weighted by atomic mass is 11.8. The van der Waals surface area contributed by atoms with E-state index >= 15 is 0 Å². The van der Waals surface area contributed by atoms with Crippen molar-refractivity contribution in [2.24, 2.45) is 0 Å². The minimum absolute atomic E-state index is 1.33. The summed E-state index contributed by atoms with van der Waals surface area (Å²) < 4.78 is 14.2. The van der Waals surface area contributed by atoms with Crippen molar-refractivity contribution >= 4 is 17.6 Å². The first-order valence-electron chi connectivity index (χ1n) is 3.08. The van der Waals surface area contributed by atoms with Crippen molar-refractivity contribution in [1.82, 2.24) is 0 Å². The summed E-state index contributed by atoms with van der Waals surface area (Å²) in [6.07, 6.45) is 0. The fourth-order valence-electron chi connectivity index (χ4n) is 0.435. The molecule has 0 aliphatic heterocycles. The van der Waals surface area contributed by atoms with E-state index in [2.05, 4.69) is 8.85 Å². The third-order valence-corrected chi connectivity index (χ3v) is 5.68. The van der Waals surface area contributed by atoms with Gasteiger partial charge in [-0.2, -0.15) is 0 Å². The zero-order chi connectivity index (χ0) is 9.12. The van der Waals surface area contributed by atoms with Crippen LogP contribution in [0.15, 0.2) is 0 Å². The molecule has 0 aliphatic rings. The first kappa shape index (κ1) is 11.2. The van der Waals surface area contributed by atoms with Crippen molar-refractivity contribution in [3.05, 3.63) is 0 Å². The summed E-state index contributed by atoms with van der Waals surface area (Å²) in [5.74, 6) is 0. The highest BCUT2D eigenvalue weighted by Crippen LogP contribution is 2.09. The van der Waals surface area contributed by atoms with E-state index in [-0.39, 0.29) is 0 Å². The second kappa shape index (κ2) is 3.76. The number of hydrogen-bond acceptors (Lipinski definition) is 5. The highest BCUT2D eigenvalue weighted by Gasteiger charge is 2.41. The Morgan fingerprint density at radius 3 is 1.36 bits per heavy atom. The summed E-state index contributed by atoms with van der Waals surface area (Å²) in [5.41, 5.74) is 0. The molecule has 0 fully saturated rings. The van der Waals surface area contributed by atoms with Crippen molar-refractivity contribution in [1.29, 1.82) is 0 Å². The lowest BCUT2D eigenvalue weighted by Gasteiger charge is -2.25. The molecule has 0 saturated heterocycles. The highest BCUT2D eigenvalue weighted by atomic mass is 28.5. The average molecular weight is 198 g/mol. The van der Waals surface area contributed by atoms with E-state index in [4.69, 9.17) is 4.12 Å². The van der Waals surface area contributed by atoms with Crippen LogP contribution in [-0.4, -0.2) is 41.4 Å². The molecule has 0 saturated carbocycles. The van der Waals surface area contributed by atoms with Gasteiger partial charge in [0.05, 0.1) is 0 Å². The predicted molar refractivity (Wildman–Crippen MR) is 42.8 cm³/mol. The van der Waals surface area contributed by atoms with Gasteiger partial charge >= 0.3 is 17.6 Å². The molecular weight excluding hydrogens is 184 g/mol. The molecule has 0 amide bonds. The molecule has 2 atom stereocenters. The predicted octanol–water partition coefficient (Wildman–Crippen LogP) is -0.582. The van der Waals surface area contributed by atoms with E-state index in [9.17, 15) is 9.59 Å². The Morgan fingerprint density at radius 2 is 1.18 bits per heavy atom. The van der Waals surface area contributed by atoms with Gasteiger partial charge in [-0.3, -0.25) is 0 Å². The first-order valence-corrected chi connectivity index (χ1v) is 7.61. The van der Waals surface area contributed by atoms with E-state index in [0.717, 1.165) is 0 Å². The topological polar surface area (TPSA) is 68.2 Å². The minimum Gasteiger partial charge on any atom is -0.390 e. The first-order chi connectivity index (χ1) is 4.83. The van der Waals surface area contributed by atoms with Crippen molar-refractivity contribution in [2.75, 3.05) is 14.2 Å². The smallest absolute Gasteiger partial charge is 0.390 e. The zero-order valence-corrected chi connectivity index (χ0v) is 9.12. The monoisotopic (exact) mass is 198 g/mol. The average Bonchev–Trinajstić information content (AvgIpc) is 1.86. The van der Waals surface area contributed by atoms with Gasteiger partial charge in [0.1, 0.15) is 0 Å². The van der Waals surface area contributed by atoms with E-state index in [0.29, 0.717) is 0 Å². The Kier molecular flexibility index (Phi) is 3.84. The van der Waals surface area contributed by atoms with Crippen LogP contribution in [0.3, 0.4) is 0 Å². The molecule has 68 valence electrons. The Bertz CT molecular complexity index is 112. The molecule has 11 heavy (non-hydrogen) atoms. The second-order valence-corrected chi connectivity index (χ2v) is 7.53. The Hall–Kier alpha value is 0.234. The lowest BCUT2D eigenvalue weighted by Crippen LogP contribution is -2.51. The van der Waals surface area contributed by atoms with Gasteiger partial charge in [-0.25, -0.2) is 0 Å². The van der Waals surface area contributed by atoms with Crippen LogP contribution in [0.2, 0.25) is 13.1 Å². The summed E-state index contributed by atoms with van der Waals surface area (Å²) in [5, 5.41) is 0. The summed E-state index contributed by atoms with van der Waals surface area (Å²) >= 11 is 0. The minimum atomic E-state index is -3.15. The van der Waals surface area contributed by atoms with Crippen LogP contribution in [-0.2, 0) is 13.0 Å². The van der Waals surface area contributed by atoms with Gasteiger partial charge in [-0.05, 0) is 0 Å². The molecule has 2 unspecified atom stereocenters. The molecule has 0 aliphatic carbocycles. The SMILES string of the molecule is CO[Si](C)(O)O[Si](C)(O)OC. The van der Waals surface area contributed by atoms with E-state index in [1.807, 2.05) is 0 Å². The maximum atomic E-state index is 9.28. The molecule has 2 N–H and O–H groups in total. The van der Waals surface area contributed by atoms with Gasteiger partial charge < -0.3 is 22.6 Å². The van der Waals surface area contributed by atoms with Crippen LogP contribution in [0.5, 0.6) is 0 Å². The van der Waals surface area contributed by atoms with Crippen molar-refractivity contribution in [3.8, 4) is 0 Å². The lowest BCUT2D eigenvalue weighted by molar-refractivity contribution is 0.127. The normalized spacial score (nSPS) is 22.4. The van der Waals surface area contributed by atoms with Crippen molar-refractivity contribution < 1.29 is 22.6 Å². The highest BCUT2D eigenvalue weighted by molar-refractivity contribution is 6.72. The molecule has 0 radical (unpaired) electrons. The summed E-state index contributed by atoms with van der Waals surface area (Å²) in [7, 11) is -3.64. The third kappa shape index (κ3) is 4.64. The maximum absolute atomic E-state index is 9.28. The van der Waals surface area contributed by atoms with Crippen LogP contribution < -0.4 is 0 Å². The van der Waals surface area contributed by atoms with Crippen molar-refractivity contribution in [2.45, 2.75) is 13.1 Å². The van der Waals surface area contributed by atoms with Gasteiger partial charge in [0.15, 0.2) is 0 Å². The molecule has 7 heteroatoms. The molecule has 0 aromatic heterocycles.